The molecule has 0 saturated heterocycles. The topological polar surface area (TPSA) is 37.8 Å². The molecule has 1 unspecified atom stereocenters. The zero-order chi connectivity index (χ0) is 9.97. The highest BCUT2D eigenvalue weighted by atomic mass is 32.1. The lowest BCUT2D eigenvalue weighted by molar-refractivity contribution is 0.887. The van der Waals surface area contributed by atoms with Gasteiger partial charge >= 0.3 is 0 Å². The molecule has 1 atom stereocenters. The Morgan fingerprint density at radius 3 is 2.79 bits per heavy atom. The van der Waals surface area contributed by atoms with Crippen molar-refractivity contribution < 1.29 is 0 Å². The van der Waals surface area contributed by atoms with Crippen LogP contribution in [0.5, 0.6) is 0 Å². The second kappa shape index (κ2) is 4.06. The first-order chi connectivity index (χ1) is 6.77. The predicted molar refractivity (Wildman–Crippen MR) is 61.0 cm³/mol. The van der Waals surface area contributed by atoms with E-state index in [-0.39, 0.29) is 6.04 Å². The van der Waals surface area contributed by atoms with Crippen molar-refractivity contribution in [1.29, 1.82) is 0 Å². The number of thiazole rings is 2. The normalized spacial score (nSPS) is 12.7. The van der Waals surface area contributed by atoms with Gasteiger partial charge in [0.2, 0.25) is 0 Å². The van der Waals surface area contributed by atoms with E-state index < -0.39 is 0 Å². The highest BCUT2D eigenvalue weighted by Crippen LogP contribution is 2.25. The Kier molecular flexibility index (Phi) is 2.79. The fraction of sp³-hybridized carbons (Fsp3) is 0.333. The zero-order valence-corrected chi connectivity index (χ0v) is 9.65. The highest BCUT2D eigenvalue weighted by Gasteiger charge is 2.11. The average Bonchev–Trinajstić information content (AvgIpc) is 2.75. The van der Waals surface area contributed by atoms with Crippen LogP contribution >= 0.6 is 22.7 Å². The molecule has 0 aliphatic heterocycles. The molecule has 0 fully saturated rings. The molecule has 0 aliphatic rings. The van der Waals surface area contributed by atoms with Crippen molar-refractivity contribution in [1.82, 2.24) is 9.97 Å². The monoisotopic (exact) mass is 225 g/mol. The standard InChI is InChI=1S/C9H11N3S2/c1-6-8(14-5-11-6)7(2)12-9-10-3-4-13-9/h3-5,7H,1-2H3,(H,10,12). The summed E-state index contributed by atoms with van der Waals surface area (Å²) in [6.45, 7) is 4.16. The van der Waals surface area contributed by atoms with Crippen LogP contribution in [-0.2, 0) is 0 Å². The maximum absolute atomic E-state index is 4.23. The Bertz CT molecular complexity index is 394. The molecular formula is C9H11N3S2. The van der Waals surface area contributed by atoms with Crippen LogP contribution in [0, 0.1) is 6.92 Å². The van der Waals surface area contributed by atoms with E-state index in [4.69, 9.17) is 0 Å². The van der Waals surface area contributed by atoms with Gasteiger partial charge in [-0.3, -0.25) is 0 Å². The smallest absolute Gasteiger partial charge is 0.183 e. The molecule has 14 heavy (non-hydrogen) atoms. The molecule has 74 valence electrons. The first-order valence-corrected chi connectivity index (χ1v) is 6.09. The van der Waals surface area contributed by atoms with Gasteiger partial charge in [0.25, 0.3) is 0 Å². The fourth-order valence-electron chi connectivity index (χ4n) is 1.27. The molecule has 2 rings (SSSR count). The van der Waals surface area contributed by atoms with Crippen molar-refractivity contribution in [3.63, 3.8) is 0 Å². The molecule has 0 aromatic carbocycles. The highest BCUT2D eigenvalue weighted by molar-refractivity contribution is 7.13. The molecular weight excluding hydrogens is 214 g/mol. The minimum absolute atomic E-state index is 0.286. The summed E-state index contributed by atoms with van der Waals surface area (Å²) in [7, 11) is 0. The largest absolute Gasteiger partial charge is 0.354 e. The Hall–Kier alpha value is -0.940. The van der Waals surface area contributed by atoms with E-state index >= 15 is 0 Å². The van der Waals surface area contributed by atoms with Crippen LogP contribution in [0.3, 0.4) is 0 Å². The van der Waals surface area contributed by atoms with Gasteiger partial charge in [-0.25, -0.2) is 9.97 Å². The van der Waals surface area contributed by atoms with Crippen molar-refractivity contribution >= 4 is 27.8 Å². The third-order valence-electron chi connectivity index (χ3n) is 1.95. The second-order valence-electron chi connectivity index (χ2n) is 3.01. The SMILES string of the molecule is Cc1ncsc1C(C)Nc1nccs1. The molecule has 0 bridgehead atoms. The van der Waals surface area contributed by atoms with E-state index in [9.17, 15) is 0 Å². The summed E-state index contributed by atoms with van der Waals surface area (Å²) in [5, 5.41) is 6.27. The molecule has 0 aliphatic carbocycles. The summed E-state index contributed by atoms with van der Waals surface area (Å²) in [5.74, 6) is 0. The number of nitrogens with one attached hydrogen (secondary N) is 1. The minimum atomic E-state index is 0.286. The first-order valence-electron chi connectivity index (χ1n) is 4.33. The van der Waals surface area contributed by atoms with Crippen molar-refractivity contribution in [2.75, 3.05) is 5.32 Å². The molecule has 0 amide bonds. The van der Waals surface area contributed by atoms with Gasteiger partial charge in [0.15, 0.2) is 5.13 Å². The number of anilines is 1. The van der Waals surface area contributed by atoms with Crippen LogP contribution < -0.4 is 5.32 Å². The van der Waals surface area contributed by atoms with E-state index in [1.807, 2.05) is 17.8 Å². The number of hydrogen-bond donors (Lipinski definition) is 1. The summed E-state index contributed by atoms with van der Waals surface area (Å²) >= 11 is 3.30. The van der Waals surface area contributed by atoms with E-state index in [0.29, 0.717) is 0 Å². The van der Waals surface area contributed by atoms with E-state index in [1.54, 1.807) is 28.9 Å². The summed E-state index contributed by atoms with van der Waals surface area (Å²) in [6, 6.07) is 0.286. The van der Waals surface area contributed by atoms with E-state index in [0.717, 1.165) is 10.8 Å². The van der Waals surface area contributed by atoms with E-state index in [2.05, 4.69) is 22.2 Å². The summed E-state index contributed by atoms with van der Waals surface area (Å²) < 4.78 is 0. The van der Waals surface area contributed by atoms with Gasteiger partial charge in [-0.15, -0.1) is 22.7 Å². The van der Waals surface area contributed by atoms with Gasteiger partial charge in [0, 0.05) is 16.5 Å². The molecule has 1 N–H and O–H groups in total. The van der Waals surface area contributed by atoms with Gasteiger partial charge in [-0.2, -0.15) is 0 Å². The predicted octanol–water partition coefficient (Wildman–Crippen LogP) is 3.08. The Morgan fingerprint density at radius 2 is 2.21 bits per heavy atom. The first kappa shape index (κ1) is 9.61. The summed E-state index contributed by atoms with van der Waals surface area (Å²) in [4.78, 5) is 9.69. The van der Waals surface area contributed by atoms with Crippen LogP contribution in [0.25, 0.3) is 0 Å². The minimum Gasteiger partial charge on any atom is -0.354 e. The average molecular weight is 225 g/mol. The lowest BCUT2D eigenvalue weighted by atomic mass is 10.2. The fourth-order valence-corrected chi connectivity index (χ4v) is 2.70. The van der Waals surface area contributed by atoms with Crippen LogP contribution in [-0.4, -0.2) is 9.97 Å². The molecule has 2 aromatic rings. The molecule has 2 heterocycles. The maximum Gasteiger partial charge on any atom is 0.183 e. The van der Waals surface area contributed by atoms with Gasteiger partial charge in [-0.1, -0.05) is 0 Å². The van der Waals surface area contributed by atoms with Gasteiger partial charge < -0.3 is 5.32 Å². The van der Waals surface area contributed by atoms with Crippen molar-refractivity contribution in [3.05, 3.63) is 27.7 Å². The Morgan fingerprint density at radius 1 is 1.36 bits per heavy atom. The maximum atomic E-state index is 4.23. The number of hydrogen-bond acceptors (Lipinski definition) is 5. The number of aryl methyl sites for hydroxylation is 1. The van der Waals surface area contributed by atoms with Crippen LogP contribution in [0.1, 0.15) is 23.5 Å². The Labute approximate surface area is 90.9 Å². The lowest BCUT2D eigenvalue weighted by Crippen LogP contribution is -2.05. The molecule has 0 saturated carbocycles. The quantitative estimate of drug-likeness (QED) is 0.872. The molecule has 3 nitrogen and oxygen atoms in total. The summed E-state index contributed by atoms with van der Waals surface area (Å²) in [6.07, 6.45) is 1.80. The van der Waals surface area contributed by atoms with Crippen molar-refractivity contribution in [3.8, 4) is 0 Å². The molecule has 0 radical (unpaired) electrons. The lowest BCUT2D eigenvalue weighted by Gasteiger charge is -2.10. The molecule has 2 aromatic heterocycles. The van der Waals surface area contributed by atoms with Crippen LogP contribution in [0.2, 0.25) is 0 Å². The van der Waals surface area contributed by atoms with Crippen LogP contribution in [0.15, 0.2) is 17.1 Å². The van der Waals surface area contributed by atoms with Crippen LogP contribution in [0.4, 0.5) is 5.13 Å². The van der Waals surface area contributed by atoms with Gasteiger partial charge in [0.1, 0.15) is 0 Å². The third-order valence-corrected chi connectivity index (χ3v) is 3.77. The zero-order valence-electron chi connectivity index (χ0n) is 8.02. The number of rotatable bonds is 3. The van der Waals surface area contributed by atoms with Crippen molar-refractivity contribution in [2.24, 2.45) is 0 Å². The molecule has 5 heteroatoms. The molecule has 0 spiro atoms. The second-order valence-corrected chi connectivity index (χ2v) is 4.79. The number of nitrogens with zero attached hydrogens (tertiary/aromatic N) is 2. The number of aromatic nitrogens is 2. The van der Waals surface area contributed by atoms with Gasteiger partial charge in [0.05, 0.1) is 17.2 Å². The third kappa shape index (κ3) is 1.93. The summed E-state index contributed by atoms with van der Waals surface area (Å²) in [5.41, 5.74) is 2.98. The van der Waals surface area contributed by atoms with Gasteiger partial charge in [-0.05, 0) is 13.8 Å². The Balaban J connectivity index is 2.10. The van der Waals surface area contributed by atoms with E-state index in [1.165, 1.54) is 4.88 Å². The van der Waals surface area contributed by atoms with Crippen molar-refractivity contribution in [2.45, 2.75) is 19.9 Å².